The number of ether oxygens (including phenoxy) is 2. The van der Waals surface area contributed by atoms with E-state index in [1.807, 2.05) is 26.2 Å². The topological polar surface area (TPSA) is 78.3 Å². The second-order valence-corrected chi connectivity index (χ2v) is 7.03. The first-order valence-corrected chi connectivity index (χ1v) is 9.31. The Labute approximate surface area is 151 Å². The molecule has 1 aliphatic rings. The van der Waals surface area contributed by atoms with Gasteiger partial charge in [0.25, 0.3) is 5.56 Å². The fourth-order valence-corrected chi connectivity index (χ4v) is 3.85. The molecule has 1 N–H and O–H groups in total. The van der Waals surface area contributed by atoms with Crippen LogP contribution in [0.4, 0.5) is 0 Å². The molecule has 0 saturated carbocycles. The number of hydrogen-bond acceptors (Lipinski definition) is 7. The minimum Gasteiger partial charge on any atom is -0.377 e. The van der Waals surface area contributed by atoms with Crippen LogP contribution in [-0.2, 0) is 23.1 Å². The zero-order valence-corrected chi connectivity index (χ0v) is 15.9. The van der Waals surface area contributed by atoms with Crippen molar-refractivity contribution in [1.29, 1.82) is 0 Å². The van der Waals surface area contributed by atoms with E-state index in [9.17, 15) is 4.79 Å². The van der Waals surface area contributed by atoms with Crippen LogP contribution >= 0.6 is 11.3 Å². The second-order valence-electron chi connectivity index (χ2n) is 6.18. The van der Waals surface area contributed by atoms with Crippen molar-refractivity contribution in [3.05, 3.63) is 32.7 Å². The summed E-state index contributed by atoms with van der Waals surface area (Å²) in [6.45, 7) is 8.38. The van der Waals surface area contributed by atoms with Crippen LogP contribution in [0.2, 0.25) is 0 Å². The van der Waals surface area contributed by atoms with Gasteiger partial charge in [0, 0.05) is 25.6 Å². The van der Waals surface area contributed by atoms with Crippen molar-refractivity contribution in [2.75, 3.05) is 19.8 Å². The van der Waals surface area contributed by atoms with Crippen LogP contribution in [0, 0.1) is 13.8 Å². The number of aromatic nitrogens is 3. The van der Waals surface area contributed by atoms with E-state index in [0.29, 0.717) is 31.9 Å². The third-order valence-electron chi connectivity index (χ3n) is 4.45. The van der Waals surface area contributed by atoms with Gasteiger partial charge in [-0.15, -0.1) is 11.3 Å². The number of hydrogen-bond donors (Lipinski definition) is 1. The molecule has 0 aromatic carbocycles. The lowest BCUT2D eigenvalue weighted by Gasteiger charge is -2.18. The van der Waals surface area contributed by atoms with E-state index in [1.165, 1.54) is 16.0 Å². The third kappa shape index (κ3) is 3.82. The van der Waals surface area contributed by atoms with E-state index >= 15 is 0 Å². The lowest BCUT2D eigenvalue weighted by molar-refractivity contribution is 0.0411. The number of thiazole rings is 1. The van der Waals surface area contributed by atoms with Crippen molar-refractivity contribution in [1.82, 2.24) is 20.1 Å². The second kappa shape index (κ2) is 7.74. The van der Waals surface area contributed by atoms with E-state index in [2.05, 4.69) is 15.4 Å². The van der Waals surface area contributed by atoms with Crippen LogP contribution in [0.25, 0.3) is 10.6 Å². The van der Waals surface area contributed by atoms with Crippen molar-refractivity contribution in [2.45, 2.75) is 39.5 Å². The van der Waals surface area contributed by atoms with Crippen LogP contribution in [0.1, 0.15) is 23.9 Å². The summed E-state index contributed by atoms with van der Waals surface area (Å²) in [6, 6.07) is 0.169. The molecule has 7 nitrogen and oxygen atoms in total. The molecule has 2 atom stereocenters. The predicted octanol–water partition coefficient (Wildman–Crippen LogP) is 1.41. The maximum absolute atomic E-state index is 12.5. The molecule has 1 saturated heterocycles. The van der Waals surface area contributed by atoms with Gasteiger partial charge < -0.3 is 14.8 Å². The summed E-state index contributed by atoms with van der Waals surface area (Å²) in [4.78, 5) is 17.1. The third-order valence-corrected chi connectivity index (χ3v) is 5.35. The lowest BCUT2D eigenvalue weighted by Crippen LogP contribution is -2.40. The first-order chi connectivity index (χ1) is 12.0. The molecule has 2 aromatic rings. The smallest absolute Gasteiger partial charge is 0.277 e. The largest absolute Gasteiger partial charge is 0.377 e. The van der Waals surface area contributed by atoms with Crippen LogP contribution < -0.4 is 10.9 Å². The number of rotatable bonds is 6. The standard InChI is InChI=1S/C17H24N4O3S/c1-5-24-14-8-23-7-13(14)18-6-12-9-25-16(19-12)15-10(2)11(3)20-21(4)17(15)22/h9,13-14,18H,5-8H2,1-4H3/t13-,14-/m1/s1. The Morgan fingerprint density at radius 2 is 2.24 bits per heavy atom. The van der Waals surface area contributed by atoms with Crippen molar-refractivity contribution in [3.8, 4) is 10.6 Å². The Kier molecular flexibility index (Phi) is 5.63. The summed E-state index contributed by atoms with van der Waals surface area (Å²) in [5.41, 5.74) is 3.17. The van der Waals surface area contributed by atoms with Gasteiger partial charge >= 0.3 is 0 Å². The Bertz CT molecular complexity index is 802. The van der Waals surface area contributed by atoms with Gasteiger partial charge in [-0.3, -0.25) is 4.79 Å². The zero-order chi connectivity index (χ0) is 18.0. The van der Waals surface area contributed by atoms with Gasteiger partial charge in [-0.1, -0.05) is 0 Å². The van der Waals surface area contributed by atoms with E-state index < -0.39 is 0 Å². The highest BCUT2D eigenvalue weighted by atomic mass is 32.1. The van der Waals surface area contributed by atoms with E-state index in [0.717, 1.165) is 22.0 Å². The minimum atomic E-state index is -0.113. The quantitative estimate of drug-likeness (QED) is 0.835. The van der Waals surface area contributed by atoms with Gasteiger partial charge in [0.2, 0.25) is 0 Å². The Morgan fingerprint density at radius 3 is 3.00 bits per heavy atom. The Morgan fingerprint density at radius 1 is 1.44 bits per heavy atom. The zero-order valence-electron chi connectivity index (χ0n) is 15.0. The van der Waals surface area contributed by atoms with Crippen molar-refractivity contribution in [2.24, 2.45) is 7.05 Å². The molecule has 2 aromatic heterocycles. The van der Waals surface area contributed by atoms with Crippen molar-refractivity contribution in [3.63, 3.8) is 0 Å². The minimum absolute atomic E-state index is 0.0838. The van der Waals surface area contributed by atoms with Crippen molar-refractivity contribution >= 4 is 11.3 Å². The molecule has 0 spiro atoms. The highest BCUT2D eigenvalue weighted by Gasteiger charge is 2.28. The van der Waals surface area contributed by atoms with E-state index in [4.69, 9.17) is 9.47 Å². The van der Waals surface area contributed by atoms with Gasteiger partial charge in [-0.25, -0.2) is 9.67 Å². The predicted molar refractivity (Wildman–Crippen MR) is 96.9 cm³/mol. The summed E-state index contributed by atoms with van der Waals surface area (Å²) in [6.07, 6.45) is 0.0838. The van der Waals surface area contributed by atoms with E-state index in [1.54, 1.807) is 7.05 Å². The van der Waals surface area contributed by atoms with Gasteiger partial charge in [-0.05, 0) is 26.3 Å². The molecule has 3 rings (SSSR count). The fraction of sp³-hybridized carbons (Fsp3) is 0.588. The van der Waals surface area contributed by atoms with Crippen LogP contribution in [-0.4, -0.2) is 46.7 Å². The average Bonchev–Trinajstić information content (AvgIpc) is 3.21. The summed E-state index contributed by atoms with van der Waals surface area (Å²) < 4.78 is 12.5. The maximum atomic E-state index is 12.5. The summed E-state index contributed by atoms with van der Waals surface area (Å²) >= 11 is 1.49. The molecule has 25 heavy (non-hydrogen) atoms. The molecule has 1 aliphatic heterocycles. The number of aryl methyl sites for hydroxylation is 2. The molecular formula is C17H24N4O3S. The molecule has 0 unspecified atom stereocenters. The molecule has 0 amide bonds. The van der Waals surface area contributed by atoms with Crippen LogP contribution in [0.5, 0.6) is 0 Å². The molecule has 8 heteroatoms. The van der Waals surface area contributed by atoms with Gasteiger partial charge in [0.05, 0.1) is 42.3 Å². The lowest BCUT2D eigenvalue weighted by atomic mass is 10.1. The summed E-state index contributed by atoms with van der Waals surface area (Å²) in [5, 5.41) is 10.4. The first-order valence-electron chi connectivity index (χ1n) is 8.43. The Balaban J connectivity index is 1.75. The Hall–Kier alpha value is -1.61. The fourth-order valence-electron chi connectivity index (χ4n) is 2.94. The summed E-state index contributed by atoms with van der Waals surface area (Å²) in [5.74, 6) is 0. The molecule has 3 heterocycles. The molecule has 136 valence electrons. The van der Waals surface area contributed by atoms with Crippen LogP contribution in [0.3, 0.4) is 0 Å². The molecule has 1 fully saturated rings. The molecule has 0 radical (unpaired) electrons. The molecule has 0 bridgehead atoms. The normalized spacial score (nSPS) is 20.3. The molecular weight excluding hydrogens is 340 g/mol. The maximum Gasteiger partial charge on any atom is 0.277 e. The summed E-state index contributed by atoms with van der Waals surface area (Å²) in [7, 11) is 1.67. The number of nitrogens with zero attached hydrogens (tertiary/aromatic N) is 3. The van der Waals surface area contributed by atoms with Gasteiger partial charge in [-0.2, -0.15) is 5.10 Å². The van der Waals surface area contributed by atoms with E-state index in [-0.39, 0.29) is 17.7 Å². The van der Waals surface area contributed by atoms with Crippen molar-refractivity contribution < 1.29 is 9.47 Å². The van der Waals surface area contributed by atoms with Crippen LogP contribution in [0.15, 0.2) is 10.2 Å². The monoisotopic (exact) mass is 364 g/mol. The molecule has 0 aliphatic carbocycles. The SMILES string of the molecule is CCO[C@@H]1COC[C@H]1NCc1csc(-c2c(C)c(C)nn(C)c2=O)n1. The first kappa shape index (κ1) is 18.2. The highest BCUT2D eigenvalue weighted by molar-refractivity contribution is 7.13. The number of nitrogens with one attached hydrogen (secondary N) is 1. The van der Waals surface area contributed by atoms with Gasteiger partial charge in [0.1, 0.15) is 5.01 Å². The van der Waals surface area contributed by atoms with Gasteiger partial charge in [0.15, 0.2) is 0 Å². The highest BCUT2D eigenvalue weighted by Crippen LogP contribution is 2.25. The average molecular weight is 364 g/mol.